The summed E-state index contributed by atoms with van der Waals surface area (Å²) in [6.45, 7) is -0.657. The molecule has 1 saturated heterocycles. The van der Waals surface area contributed by atoms with Crippen molar-refractivity contribution < 1.29 is 22.3 Å². The van der Waals surface area contributed by atoms with Crippen molar-refractivity contribution in [3.05, 3.63) is 45.8 Å². The first kappa shape index (κ1) is 25.1. The molecule has 4 heterocycles. The predicted octanol–water partition coefficient (Wildman–Crippen LogP) is 5.44. The molecule has 2 unspecified atom stereocenters. The largest absolute Gasteiger partial charge is 0.480 e. The highest BCUT2D eigenvalue weighted by Gasteiger charge is 2.51. The number of piperidine rings is 1. The average Bonchev–Trinajstić information content (AvgIpc) is 3.73. The fourth-order valence-electron chi connectivity index (χ4n) is 5.22. The van der Waals surface area contributed by atoms with Crippen molar-refractivity contribution in [2.45, 2.75) is 43.6 Å². The number of halogens is 5. The van der Waals surface area contributed by atoms with Crippen LogP contribution >= 0.6 is 11.6 Å². The number of hydrogen-bond acceptors (Lipinski definition) is 6. The lowest BCUT2D eigenvalue weighted by Gasteiger charge is -2.32. The van der Waals surface area contributed by atoms with Gasteiger partial charge in [0.05, 0.1) is 40.7 Å². The molecule has 2 aliphatic heterocycles. The zero-order valence-electron chi connectivity index (χ0n) is 20.5. The molecule has 38 heavy (non-hydrogen) atoms. The number of aromatic nitrogens is 2. The van der Waals surface area contributed by atoms with Crippen LogP contribution in [0.15, 0.2) is 35.3 Å². The van der Waals surface area contributed by atoms with Crippen LogP contribution in [-0.2, 0) is 7.05 Å². The van der Waals surface area contributed by atoms with Crippen LogP contribution in [-0.4, -0.2) is 53.6 Å². The minimum atomic E-state index is -3.14. The minimum absolute atomic E-state index is 0.0682. The third-order valence-corrected chi connectivity index (χ3v) is 7.82. The van der Waals surface area contributed by atoms with E-state index in [-0.39, 0.29) is 30.3 Å². The number of nitrogens with zero attached hydrogens (tertiary/aromatic N) is 3. The van der Waals surface area contributed by atoms with Crippen LogP contribution in [0.3, 0.4) is 0 Å². The number of ether oxygens (including phenoxy) is 1. The van der Waals surface area contributed by atoms with E-state index < -0.39 is 36.5 Å². The van der Waals surface area contributed by atoms with Crippen molar-refractivity contribution in [2.75, 3.05) is 35.2 Å². The zero-order chi connectivity index (χ0) is 26.8. The molecule has 1 aliphatic carbocycles. The van der Waals surface area contributed by atoms with Gasteiger partial charge in [0.15, 0.2) is 6.61 Å². The van der Waals surface area contributed by atoms with E-state index in [1.54, 1.807) is 36.2 Å². The smallest absolute Gasteiger partial charge is 0.301 e. The second-order valence-corrected chi connectivity index (χ2v) is 10.6. The van der Waals surface area contributed by atoms with Crippen LogP contribution in [0.5, 0.6) is 5.75 Å². The van der Waals surface area contributed by atoms with Crippen LogP contribution in [0.4, 0.5) is 40.4 Å². The molecule has 3 aromatic rings. The molecule has 0 spiro atoms. The SMILES string of the molecule is Cn1c(=O)c2c(c3cc(Nc4cc(N5CCC(F)C(F)C5)ncc4Cl)ccc31)N[C@@H](C1CC1)C(F)(F)CO2. The molecule has 7 nitrogen and oxygen atoms in total. The molecule has 6 rings (SSSR count). The van der Waals surface area contributed by atoms with Gasteiger partial charge in [0.25, 0.3) is 5.56 Å². The number of aryl methyl sites for hydroxylation is 1. The van der Waals surface area contributed by atoms with Gasteiger partial charge in [-0.25, -0.2) is 22.5 Å². The molecule has 2 aromatic heterocycles. The van der Waals surface area contributed by atoms with Crippen molar-refractivity contribution in [3.63, 3.8) is 0 Å². The van der Waals surface area contributed by atoms with Gasteiger partial charge in [0, 0.05) is 30.7 Å². The molecular formula is C26H26ClF4N5O2. The molecular weight excluding hydrogens is 526 g/mol. The van der Waals surface area contributed by atoms with Crippen LogP contribution in [0.2, 0.25) is 5.02 Å². The number of hydrogen-bond donors (Lipinski definition) is 2. The number of nitrogens with one attached hydrogen (secondary N) is 2. The lowest BCUT2D eigenvalue weighted by atomic mass is 10.0. The minimum Gasteiger partial charge on any atom is -0.480 e. The van der Waals surface area contributed by atoms with E-state index in [9.17, 15) is 22.4 Å². The summed E-state index contributed by atoms with van der Waals surface area (Å²) in [5.41, 5.74) is 1.34. The number of pyridine rings is 2. The van der Waals surface area contributed by atoms with Gasteiger partial charge in [0.2, 0.25) is 5.75 Å². The highest BCUT2D eigenvalue weighted by Crippen LogP contribution is 2.45. The Balaban J connectivity index is 1.37. The molecule has 12 heteroatoms. The summed E-state index contributed by atoms with van der Waals surface area (Å²) in [4.78, 5) is 18.9. The zero-order valence-corrected chi connectivity index (χ0v) is 21.2. The summed E-state index contributed by atoms with van der Waals surface area (Å²) >= 11 is 6.39. The van der Waals surface area contributed by atoms with Crippen LogP contribution in [0.1, 0.15) is 19.3 Å². The molecule has 3 aliphatic rings. The van der Waals surface area contributed by atoms with E-state index in [2.05, 4.69) is 15.6 Å². The van der Waals surface area contributed by atoms with Gasteiger partial charge in [-0.05, 0) is 43.4 Å². The third kappa shape index (κ3) is 4.40. The lowest BCUT2D eigenvalue weighted by molar-refractivity contribution is -0.0579. The van der Waals surface area contributed by atoms with Crippen LogP contribution in [0, 0.1) is 5.92 Å². The second-order valence-electron chi connectivity index (χ2n) is 10.2. The summed E-state index contributed by atoms with van der Waals surface area (Å²) < 4.78 is 64.1. The summed E-state index contributed by atoms with van der Waals surface area (Å²) in [5.74, 6) is -3.02. The Morgan fingerprint density at radius 3 is 2.71 bits per heavy atom. The standard InChI is InChI=1S/C26H26ClF4N5O2/c1-35-20-5-4-14(33-19-9-21(32-10-16(19)27)36-7-6-17(28)18(29)11-36)8-15(20)22-23(25(35)37)38-12-26(30,31)24(34-22)13-2-3-13/h4-5,8-10,13,17-18,24,34H,2-3,6-7,11-12H2,1H3,(H,32,33)/t17?,18?,24-/m0/s1. The van der Waals surface area contributed by atoms with E-state index in [4.69, 9.17) is 16.3 Å². The molecule has 2 N–H and O–H groups in total. The highest BCUT2D eigenvalue weighted by atomic mass is 35.5. The first-order chi connectivity index (χ1) is 18.1. The fourth-order valence-corrected chi connectivity index (χ4v) is 5.37. The highest BCUT2D eigenvalue weighted by molar-refractivity contribution is 6.33. The van der Waals surface area contributed by atoms with Crippen molar-refractivity contribution in [2.24, 2.45) is 13.0 Å². The van der Waals surface area contributed by atoms with Gasteiger partial charge in [-0.3, -0.25) is 4.79 Å². The predicted molar refractivity (Wildman–Crippen MR) is 139 cm³/mol. The van der Waals surface area contributed by atoms with E-state index >= 15 is 0 Å². The maximum atomic E-state index is 14.9. The Morgan fingerprint density at radius 1 is 1.18 bits per heavy atom. The van der Waals surface area contributed by atoms with Gasteiger partial charge >= 0.3 is 5.92 Å². The summed E-state index contributed by atoms with van der Waals surface area (Å²) in [7, 11) is 1.56. The molecule has 0 amide bonds. The summed E-state index contributed by atoms with van der Waals surface area (Å²) in [5, 5.41) is 7.01. The summed E-state index contributed by atoms with van der Waals surface area (Å²) in [6, 6.07) is 5.71. The molecule has 2 fully saturated rings. The van der Waals surface area contributed by atoms with Crippen LogP contribution < -0.4 is 25.8 Å². The second kappa shape index (κ2) is 9.21. The number of alkyl halides is 4. The van der Waals surface area contributed by atoms with Crippen LogP contribution in [0.25, 0.3) is 10.9 Å². The fraction of sp³-hybridized carbons (Fsp3) is 0.462. The lowest BCUT2D eigenvalue weighted by Crippen LogP contribution is -2.44. The van der Waals surface area contributed by atoms with E-state index in [0.29, 0.717) is 52.5 Å². The number of anilines is 4. The maximum Gasteiger partial charge on any atom is 0.301 e. The number of fused-ring (bicyclic) bond motifs is 3. The monoisotopic (exact) mass is 551 g/mol. The van der Waals surface area contributed by atoms with Crippen molar-refractivity contribution in [1.82, 2.24) is 9.55 Å². The van der Waals surface area contributed by atoms with E-state index in [0.717, 1.165) is 0 Å². The molecule has 1 saturated carbocycles. The van der Waals surface area contributed by atoms with Crippen molar-refractivity contribution >= 4 is 45.4 Å². The topological polar surface area (TPSA) is 71.4 Å². The van der Waals surface area contributed by atoms with Crippen molar-refractivity contribution in [1.29, 1.82) is 0 Å². The molecule has 0 radical (unpaired) electrons. The Kier molecular flexibility index (Phi) is 6.08. The normalized spacial score (nSPS) is 24.8. The average molecular weight is 552 g/mol. The van der Waals surface area contributed by atoms with Gasteiger partial charge in [-0.15, -0.1) is 0 Å². The first-order valence-corrected chi connectivity index (χ1v) is 12.9. The van der Waals surface area contributed by atoms with Crippen molar-refractivity contribution in [3.8, 4) is 5.75 Å². The summed E-state index contributed by atoms with van der Waals surface area (Å²) in [6.07, 6.45) is -0.208. The quantitative estimate of drug-likeness (QED) is 0.421. The number of rotatable bonds is 4. The Labute approximate surface area is 220 Å². The Hall–Kier alpha value is -3.21. The van der Waals surface area contributed by atoms with E-state index in [1.165, 1.54) is 10.8 Å². The maximum absolute atomic E-state index is 14.9. The van der Waals surface area contributed by atoms with E-state index in [1.807, 2.05) is 0 Å². The Bertz CT molecular complexity index is 1460. The molecule has 3 atom stereocenters. The first-order valence-electron chi connectivity index (χ1n) is 12.5. The van der Waals surface area contributed by atoms with Gasteiger partial charge < -0.3 is 24.8 Å². The Morgan fingerprint density at radius 2 is 1.97 bits per heavy atom. The molecule has 202 valence electrons. The van der Waals surface area contributed by atoms with Gasteiger partial charge in [-0.2, -0.15) is 0 Å². The van der Waals surface area contributed by atoms with Gasteiger partial charge in [-0.1, -0.05) is 11.6 Å². The number of benzene rings is 1. The third-order valence-electron chi connectivity index (χ3n) is 7.52. The van der Waals surface area contributed by atoms with Gasteiger partial charge in [0.1, 0.15) is 18.2 Å². The molecule has 0 bridgehead atoms. The molecule has 1 aromatic carbocycles.